The lowest BCUT2D eigenvalue weighted by molar-refractivity contribution is 0.101. The molecule has 4 nitrogen and oxygen atoms in total. The Labute approximate surface area is 124 Å². The van der Waals surface area contributed by atoms with Crippen molar-refractivity contribution in [1.82, 2.24) is 4.57 Å². The zero-order chi connectivity index (χ0) is 14.9. The van der Waals surface area contributed by atoms with E-state index in [1.54, 1.807) is 30.8 Å². The molecular weight excluding hydrogens is 325 g/mol. The molecular formula is C14H11BrFN3O. The quantitative estimate of drug-likeness (QED) is 0.914. The maximum atomic E-state index is 13.6. The lowest BCUT2D eigenvalue weighted by Gasteiger charge is -2.10. The number of benzene rings is 1. The monoisotopic (exact) mass is 335 g/mol. The summed E-state index contributed by atoms with van der Waals surface area (Å²) in [6.07, 6.45) is 1.74. The van der Waals surface area contributed by atoms with Crippen molar-refractivity contribution in [3.63, 3.8) is 0 Å². The molecule has 0 unspecified atom stereocenters. The van der Waals surface area contributed by atoms with Crippen LogP contribution in [0.15, 0.2) is 28.9 Å². The summed E-state index contributed by atoms with van der Waals surface area (Å²) in [7, 11) is 1.73. The Morgan fingerprint density at radius 2 is 2.15 bits per heavy atom. The number of hydrogen-bond donors (Lipinski definition) is 1. The first-order valence-electron chi connectivity index (χ1n) is 5.76. The first kappa shape index (κ1) is 14.3. The van der Waals surface area contributed by atoms with Gasteiger partial charge in [-0.05, 0) is 41.1 Å². The molecule has 1 amide bonds. The Morgan fingerprint density at radius 1 is 1.45 bits per heavy atom. The molecule has 2 rings (SSSR count). The number of carbonyl (C=O) groups is 1. The van der Waals surface area contributed by atoms with E-state index in [0.717, 1.165) is 10.5 Å². The fourth-order valence-electron chi connectivity index (χ4n) is 1.81. The van der Waals surface area contributed by atoms with Crippen molar-refractivity contribution in [2.24, 2.45) is 7.05 Å². The van der Waals surface area contributed by atoms with Crippen molar-refractivity contribution < 1.29 is 9.18 Å². The first-order chi connectivity index (χ1) is 9.42. The Morgan fingerprint density at radius 3 is 2.70 bits per heavy atom. The van der Waals surface area contributed by atoms with E-state index in [0.29, 0.717) is 16.9 Å². The summed E-state index contributed by atoms with van der Waals surface area (Å²) >= 11 is 3.28. The predicted molar refractivity (Wildman–Crippen MR) is 76.9 cm³/mol. The van der Waals surface area contributed by atoms with Crippen LogP contribution in [0.2, 0.25) is 0 Å². The molecule has 0 bridgehead atoms. The topological polar surface area (TPSA) is 57.8 Å². The zero-order valence-corrected chi connectivity index (χ0v) is 12.5. The summed E-state index contributed by atoms with van der Waals surface area (Å²) in [5.41, 5.74) is 1.19. The number of halogens is 2. The van der Waals surface area contributed by atoms with Gasteiger partial charge in [-0.15, -0.1) is 0 Å². The smallest absolute Gasteiger partial charge is 0.272 e. The molecule has 1 N–H and O–H groups in total. The zero-order valence-electron chi connectivity index (χ0n) is 10.9. The maximum absolute atomic E-state index is 13.6. The summed E-state index contributed by atoms with van der Waals surface area (Å²) in [5, 5.41) is 11.5. The maximum Gasteiger partial charge on any atom is 0.272 e. The van der Waals surface area contributed by atoms with Crippen LogP contribution in [-0.4, -0.2) is 10.5 Å². The third-order valence-electron chi connectivity index (χ3n) is 2.93. The van der Waals surface area contributed by atoms with Crippen LogP contribution in [-0.2, 0) is 7.05 Å². The fraction of sp³-hybridized carbons (Fsp3) is 0.143. The van der Waals surface area contributed by atoms with Gasteiger partial charge in [0, 0.05) is 29.0 Å². The van der Waals surface area contributed by atoms with Crippen LogP contribution in [0.25, 0.3) is 0 Å². The second-order valence-electron chi connectivity index (χ2n) is 4.35. The second kappa shape index (κ2) is 5.47. The highest BCUT2D eigenvalue weighted by Gasteiger charge is 2.14. The molecule has 2 aromatic rings. The highest BCUT2D eigenvalue weighted by molar-refractivity contribution is 9.10. The van der Waals surface area contributed by atoms with Crippen LogP contribution in [0.3, 0.4) is 0 Å². The highest BCUT2D eigenvalue weighted by Crippen LogP contribution is 2.22. The van der Waals surface area contributed by atoms with Gasteiger partial charge in [0.25, 0.3) is 5.91 Å². The molecule has 20 heavy (non-hydrogen) atoms. The SMILES string of the molecule is Cc1c(F)cc(C#N)cc1NC(=O)c1cc(Br)cn1C. The average molecular weight is 336 g/mol. The van der Waals surface area contributed by atoms with Crippen LogP contribution in [0.5, 0.6) is 0 Å². The van der Waals surface area contributed by atoms with E-state index in [4.69, 9.17) is 5.26 Å². The number of nitrogens with zero attached hydrogens (tertiary/aromatic N) is 2. The average Bonchev–Trinajstić information content (AvgIpc) is 2.73. The van der Waals surface area contributed by atoms with Crippen molar-refractivity contribution in [2.45, 2.75) is 6.92 Å². The summed E-state index contributed by atoms with van der Waals surface area (Å²) in [6.45, 7) is 1.55. The van der Waals surface area contributed by atoms with Gasteiger partial charge < -0.3 is 9.88 Å². The third-order valence-corrected chi connectivity index (χ3v) is 3.36. The number of amides is 1. The summed E-state index contributed by atoms with van der Waals surface area (Å²) in [5.74, 6) is -0.886. The molecule has 0 fully saturated rings. The molecule has 0 aliphatic rings. The van der Waals surface area contributed by atoms with Crippen molar-refractivity contribution in [2.75, 3.05) is 5.32 Å². The van der Waals surface area contributed by atoms with Gasteiger partial charge in [-0.3, -0.25) is 4.79 Å². The third kappa shape index (κ3) is 2.73. The van der Waals surface area contributed by atoms with E-state index in [-0.39, 0.29) is 11.5 Å². The standard InChI is InChI=1S/C14H11BrFN3O/c1-8-11(16)3-9(6-17)4-12(8)18-14(20)13-5-10(15)7-19(13)2/h3-5,7H,1-2H3,(H,18,20). The molecule has 1 heterocycles. The van der Waals surface area contributed by atoms with Crippen LogP contribution in [0.1, 0.15) is 21.6 Å². The number of anilines is 1. The largest absolute Gasteiger partial charge is 0.345 e. The van der Waals surface area contributed by atoms with Gasteiger partial charge >= 0.3 is 0 Å². The van der Waals surface area contributed by atoms with Crippen molar-refractivity contribution in [3.8, 4) is 6.07 Å². The normalized spacial score (nSPS) is 10.2. The summed E-state index contributed by atoms with van der Waals surface area (Å²) < 4.78 is 16.1. The minimum Gasteiger partial charge on any atom is -0.345 e. The van der Waals surface area contributed by atoms with Gasteiger partial charge in [-0.1, -0.05) is 0 Å². The molecule has 0 saturated carbocycles. The van der Waals surface area contributed by atoms with Gasteiger partial charge in [-0.25, -0.2) is 4.39 Å². The molecule has 1 aromatic heterocycles. The molecule has 0 saturated heterocycles. The molecule has 0 aliphatic carbocycles. The van der Waals surface area contributed by atoms with E-state index < -0.39 is 5.82 Å². The molecule has 0 radical (unpaired) electrons. The molecule has 0 aliphatic heterocycles. The summed E-state index contributed by atoms with van der Waals surface area (Å²) in [4.78, 5) is 12.2. The lowest BCUT2D eigenvalue weighted by Crippen LogP contribution is -2.16. The Balaban J connectivity index is 2.35. The Kier molecular flexibility index (Phi) is 3.91. The van der Waals surface area contributed by atoms with E-state index in [1.807, 2.05) is 6.07 Å². The number of aryl methyl sites for hydroxylation is 1. The molecule has 6 heteroatoms. The minimum absolute atomic E-state index is 0.163. The van der Waals surface area contributed by atoms with Gasteiger partial charge in [0.1, 0.15) is 11.5 Å². The number of nitrogens with one attached hydrogen (secondary N) is 1. The number of aromatic nitrogens is 1. The molecule has 0 atom stereocenters. The number of nitriles is 1. The van der Waals surface area contributed by atoms with Crippen molar-refractivity contribution >= 4 is 27.5 Å². The first-order valence-corrected chi connectivity index (χ1v) is 6.55. The molecule has 1 aromatic carbocycles. The fourth-order valence-corrected chi connectivity index (χ4v) is 2.33. The number of carbonyl (C=O) groups excluding carboxylic acids is 1. The Bertz CT molecular complexity index is 731. The number of rotatable bonds is 2. The van der Waals surface area contributed by atoms with Crippen molar-refractivity contribution in [3.05, 3.63) is 51.5 Å². The lowest BCUT2D eigenvalue weighted by atomic mass is 10.1. The van der Waals surface area contributed by atoms with Gasteiger partial charge in [0.2, 0.25) is 0 Å². The minimum atomic E-state index is -0.521. The molecule has 102 valence electrons. The molecule has 0 spiro atoms. The summed E-state index contributed by atoms with van der Waals surface area (Å²) in [6, 6.07) is 6.12. The van der Waals surface area contributed by atoms with Gasteiger partial charge in [0.15, 0.2) is 0 Å². The highest BCUT2D eigenvalue weighted by atomic mass is 79.9. The van der Waals surface area contributed by atoms with E-state index in [9.17, 15) is 9.18 Å². The van der Waals surface area contributed by atoms with Crippen LogP contribution >= 0.6 is 15.9 Å². The number of hydrogen-bond acceptors (Lipinski definition) is 2. The van der Waals surface area contributed by atoms with Gasteiger partial charge in [-0.2, -0.15) is 5.26 Å². The van der Waals surface area contributed by atoms with Crippen LogP contribution in [0.4, 0.5) is 10.1 Å². The second-order valence-corrected chi connectivity index (χ2v) is 5.27. The Hall–Kier alpha value is -2.13. The van der Waals surface area contributed by atoms with Gasteiger partial charge in [0.05, 0.1) is 11.6 Å². The van der Waals surface area contributed by atoms with E-state index in [2.05, 4.69) is 21.2 Å². The van der Waals surface area contributed by atoms with E-state index >= 15 is 0 Å². The van der Waals surface area contributed by atoms with Crippen LogP contribution in [0, 0.1) is 24.1 Å². The predicted octanol–water partition coefficient (Wildman–Crippen LogP) is 3.36. The van der Waals surface area contributed by atoms with Crippen LogP contribution < -0.4 is 5.32 Å². The van der Waals surface area contributed by atoms with Crippen molar-refractivity contribution in [1.29, 1.82) is 5.26 Å². The van der Waals surface area contributed by atoms with E-state index in [1.165, 1.54) is 6.07 Å².